The highest BCUT2D eigenvalue weighted by atomic mass is 127. The smallest absolute Gasteiger partial charge is 0.322 e. The number of ether oxygens (including phenoxy) is 1. The maximum absolute atomic E-state index is 14.5. The van der Waals surface area contributed by atoms with E-state index >= 15 is 0 Å². The molecule has 136 valence electrons. The number of halogens is 2. The first-order valence-corrected chi connectivity index (χ1v) is 9.06. The molecule has 0 aliphatic carbocycles. The summed E-state index contributed by atoms with van der Waals surface area (Å²) in [6, 6.07) is 8.20. The van der Waals surface area contributed by atoms with Crippen molar-refractivity contribution >= 4 is 39.4 Å². The van der Waals surface area contributed by atoms with Crippen molar-refractivity contribution in [3.63, 3.8) is 0 Å². The molecule has 0 saturated carbocycles. The molecule has 27 heavy (non-hydrogen) atoms. The van der Waals surface area contributed by atoms with Crippen molar-refractivity contribution in [1.82, 2.24) is 24.5 Å². The van der Waals surface area contributed by atoms with Crippen molar-refractivity contribution in [1.29, 1.82) is 0 Å². The quantitative estimate of drug-likeness (QED) is 0.452. The first kappa shape index (κ1) is 17.6. The molecular weight excluding hydrogens is 462 g/mol. The van der Waals surface area contributed by atoms with E-state index in [9.17, 15) is 4.39 Å². The highest BCUT2D eigenvalue weighted by Crippen LogP contribution is 2.29. The lowest BCUT2D eigenvalue weighted by Gasteiger charge is -2.08. The van der Waals surface area contributed by atoms with E-state index in [1.54, 1.807) is 25.3 Å². The Hall–Kier alpha value is -2.82. The molecule has 0 aliphatic rings. The maximum Gasteiger partial charge on any atom is 0.322 e. The Kier molecular flexibility index (Phi) is 4.38. The van der Waals surface area contributed by atoms with Gasteiger partial charge in [0.15, 0.2) is 17.4 Å². The Balaban J connectivity index is 1.72. The van der Waals surface area contributed by atoms with E-state index in [0.717, 1.165) is 14.8 Å². The van der Waals surface area contributed by atoms with Crippen LogP contribution in [0.4, 0.5) is 10.2 Å². The first-order chi connectivity index (χ1) is 12.9. The summed E-state index contributed by atoms with van der Waals surface area (Å²) in [7, 11) is 1.89. The number of aromatic nitrogens is 5. The standard InChI is InChI=1S/C18H14FIN6O/c1-9-5-6-22-18(23-9)27-13-4-3-10(7-12(13)19)16-24-15(21)11-8-14(20)26(2)17(11)25-16/h3-8H,1-2H3,(H2,21,24,25). The molecule has 0 fully saturated rings. The van der Waals surface area contributed by atoms with Gasteiger partial charge < -0.3 is 15.0 Å². The minimum atomic E-state index is -0.568. The summed E-state index contributed by atoms with van der Waals surface area (Å²) in [6.07, 6.45) is 1.55. The van der Waals surface area contributed by atoms with Gasteiger partial charge in [-0.15, -0.1) is 0 Å². The van der Waals surface area contributed by atoms with E-state index in [2.05, 4.69) is 42.5 Å². The number of benzene rings is 1. The summed E-state index contributed by atoms with van der Waals surface area (Å²) < 4.78 is 22.9. The normalized spacial score (nSPS) is 11.1. The van der Waals surface area contributed by atoms with Crippen molar-refractivity contribution in [2.75, 3.05) is 5.73 Å². The van der Waals surface area contributed by atoms with Crippen LogP contribution in [0, 0.1) is 16.4 Å². The minimum absolute atomic E-state index is 0.0202. The SMILES string of the molecule is Cc1ccnc(Oc2ccc(-c3nc(N)c4cc(I)n(C)c4n3)cc2F)n1. The van der Waals surface area contributed by atoms with Crippen LogP contribution >= 0.6 is 22.6 Å². The van der Waals surface area contributed by atoms with Gasteiger partial charge in [-0.3, -0.25) is 0 Å². The fourth-order valence-corrected chi connectivity index (χ4v) is 3.15. The van der Waals surface area contributed by atoms with Gasteiger partial charge in [-0.25, -0.2) is 24.3 Å². The molecule has 0 radical (unpaired) electrons. The summed E-state index contributed by atoms with van der Waals surface area (Å²) in [4.78, 5) is 16.9. The number of fused-ring (bicyclic) bond motifs is 1. The predicted molar refractivity (Wildman–Crippen MR) is 108 cm³/mol. The molecule has 1 aromatic carbocycles. The lowest BCUT2D eigenvalue weighted by atomic mass is 10.2. The second-order valence-corrected chi connectivity index (χ2v) is 7.03. The second-order valence-electron chi connectivity index (χ2n) is 5.92. The molecule has 0 aliphatic heterocycles. The number of nitrogen functional groups attached to an aromatic ring is 1. The van der Waals surface area contributed by atoms with E-state index in [4.69, 9.17) is 10.5 Å². The third-order valence-electron chi connectivity index (χ3n) is 4.02. The molecule has 0 saturated heterocycles. The van der Waals surface area contributed by atoms with Crippen LogP contribution in [-0.4, -0.2) is 24.5 Å². The van der Waals surface area contributed by atoms with Crippen LogP contribution in [0.2, 0.25) is 0 Å². The van der Waals surface area contributed by atoms with Crippen molar-refractivity contribution in [2.45, 2.75) is 6.92 Å². The Morgan fingerprint density at radius 2 is 1.96 bits per heavy atom. The Bertz CT molecular complexity index is 1180. The monoisotopic (exact) mass is 476 g/mol. The van der Waals surface area contributed by atoms with Crippen molar-refractivity contribution in [2.24, 2.45) is 7.05 Å². The van der Waals surface area contributed by atoms with Gasteiger partial charge in [-0.2, -0.15) is 0 Å². The van der Waals surface area contributed by atoms with E-state index < -0.39 is 5.82 Å². The van der Waals surface area contributed by atoms with Crippen LogP contribution in [0.25, 0.3) is 22.4 Å². The van der Waals surface area contributed by atoms with Gasteiger partial charge in [-0.05, 0) is 59.8 Å². The molecule has 0 unspecified atom stereocenters. The minimum Gasteiger partial charge on any atom is -0.421 e. The summed E-state index contributed by atoms with van der Waals surface area (Å²) in [5.41, 5.74) is 7.97. The van der Waals surface area contributed by atoms with Gasteiger partial charge in [0.25, 0.3) is 0 Å². The fraction of sp³-hybridized carbons (Fsp3) is 0.111. The highest BCUT2D eigenvalue weighted by molar-refractivity contribution is 14.1. The highest BCUT2D eigenvalue weighted by Gasteiger charge is 2.15. The van der Waals surface area contributed by atoms with Crippen LogP contribution in [0.3, 0.4) is 0 Å². The van der Waals surface area contributed by atoms with Crippen LogP contribution < -0.4 is 10.5 Å². The van der Waals surface area contributed by atoms with Gasteiger partial charge >= 0.3 is 6.01 Å². The topological polar surface area (TPSA) is 91.7 Å². The first-order valence-electron chi connectivity index (χ1n) is 7.98. The number of aryl methyl sites for hydroxylation is 2. The largest absolute Gasteiger partial charge is 0.421 e. The van der Waals surface area contributed by atoms with E-state index in [0.29, 0.717) is 22.9 Å². The third-order valence-corrected chi connectivity index (χ3v) is 5.06. The Morgan fingerprint density at radius 1 is 1.15 bits per heavy atom. The van der Waals surface area contributed by atoms with E-state index in [1.165, 1.54) is 12.1 Å². The lowest BCUT2D eigenvalue weighted by Crippen LogP contribution is -2.00. The van der Waals surface area contributed by atoms with Crippen LogP contribution in [0.5, 0.6) is 11.8 Å². The lowest BCUT2D eigenvalue weighted by molar-refractivity contribution is 0.410. The zero-order valence-electron chi connectivity index (χ0n) is 14.4. The summed E-state index contributed by atoms with van der Waals surface area (Å²) in [6.45, 7) is 1.80. The molecule has 4 aromatic rings. The maximum atomic E-state index is 14.5. The van der Waals surface area contributed by atoms with Crippen LogP contribution in [0.1, 0.15) is 5.69 Å². The molecule has 3 aromatic heterocycles. The van der Waals surface area contributed by atoms with Crippen LogP contribution in [-0.2, 0) is 7.05 Å². The van der Waals surface area contributed by atoms with Gasteiger partial charge in [0.1, 0.15) is 11.5 Å². The van der Waals surface area contributed by atoms with Gasteiger partial charge in [0.2, 0.25) is 0 Å². The van der Waals surface area contributed by atoms with Crippen molar-refractivity contribution in [3.8, 4) is 23.1 Å². The molecular formula is C18H14FIN6O. The molecule has 0 bridgehead atoms. The molecule has 0 amide bonds. The zero-order valence-corrected chi connectivity index (χ0v) is 16.6. The third kappa shape index (κ3) is 3.29. The fourth-order valence-electron chi connectivity index (χ4n) is 2.61. The summed E-state index contributed by atoms with van der Waals surface area (Å²) in [5, 5.41) is 0.766. The molecule has 2 N–H and O–H groups in total. The molecule has 9 heteroatoms. The number of nitrogens with two attached hydrogens (primary N) is 1. The zero-order chi connectivity index (χ0) is 19.1. The Labute approximate surface area is 167 Å². The van der Waals surface area contributed by atoms with Gasteiger partial charge in [0.05, 0.1) is 9.09 Å². The van der Waals surface area contributed by atoms with E-state index in [1.807, 2.05) is 17.7 Å². The molecule has 0 spiro atoms. The van der Waals surface area contributed by atoms with E-state index in [-0.39, 0.29) is 11.8 Å². The number of hydrogen-bond acceptors (Lipinski definition) is 6. The molecule has 4 rings (SSSR count). The number of rotatable bonds is 3. The summed E-state index contributed by atoms with van der Waals surface area (Å²) >= 11 is 2.19. The average molecular weight is 476 g/mol. The second kappa shape index (κ2) is 6.72. The number of anilines is 1. The number of hydrogen-bond donors (Lipinski definition) is 1. The Morgan fingerprint density at radius 3 is 2.70 bits per heavy atom. The number of nitrogens with zero attached hydrogens (tertiary/aromatic N) is 5. The molecule has 0 atom stereocenters. The van der Waals surface area contributed by atoms with Gasteiger partial charge in [-0.1, -0.05) is 0 Å². The van der Waals surface area contributed by atoms with Crippen molar-refractivity contribution < 1.29 is 9.13 Å². The average Bonchev–Trinajstić information content (AvgIpc) is 2.92. The predicted octanol–water partition coefficient (Wildman–Crippen LogP) is 3.85. The van der Waals surface area contributed by atoms with Crippen LogP contribution in [0.15, 0.2) is 36.5 Å². The molecule has 7 nitrogen and oxygen atoms in total. The van der Waals surface area contributed by atoms with Crippen molar-refractivity contribution in [3.05, 3.63) is 51.7 Å². The molecule has 3 heterocycles. The van der Waals surface area contributed by atoms with Gasteiger partial charge in [0, 0.05) is 24.5 Å². The summed E-state index contributed by atoms with van der Waals surface area (Å²) in [5.74, 6) is 0.144.